The van der Waals surface area contributed by atoms with Crippen LogP contribution in [0.15, 0.2) is 84.9 Å². The average molecular weight is 320 g/mol. The lowest BCUT2D eigenvalue weighted by molar-refractivity contribution is 0.578. The number of hydrogen-bond acceptors (Lipinski definition) is 2. The molecule has 23 heavy (non-hydrogen) atoms. The Balaban J connectivity index is 1.89. The summed E-state index contributed by atoms with van der Waals surface area (Å²) in [6, 6.07) is 27.5. The molecule has 2 atom stereocenters. The van der Waals surface area contributed by atoms with Crippen LogP contribution >= 0.6 is 7.29 Å². The van der Waals surface area contributed by atoms with Crippen molar-refractivity contribution in [2.24, 2.45) is 0 Å². The molecule has 0 aromatic heterocycles. The van der Waals surface area contributed by atoms with Crippen molar-refractivity contribution in [2.75, 3.05) is 10.4 Å². The number of rotatable bonds is 2. The third kappa shape index (κ3) is 2.43. The van der Waals surface area contributed by atoms with Crippen LogP contribution in [-0.2, 0) is 4.57 Å². The van der Waals surface area contributed by atoms with Gasteiger partial charge in [-0.25, -0.2) is 0 Å². The Morgan fingerprint density at radius 1 is 0.696 bits per heavy atom. The molecule has 0 saturated heterocycles. The van der Waals surface area contributed by atoms with E-state index in [2.05, 4.69) is 10.4 Å². The zero-order valence-electron chi connectivity index (χ0n) is 12.5. The van der Waals surface area contributed by atoms with Crippen molar-refractivity contribution in [3.63, 3.8) is 0 Å². The molecule has 0 aliphatic carbocycles. The maximum Gasteiger partial charge on any atom is 0.224 e. The summed E-state index contributed by atoms with van der Waals surface area (Å²) >= 11 is 0. The number of fused-ring (bicyclic) bond motifs is 1. The maximum absolute atomic E-state index is 14.0. The van der Waals surface area contributed by atoms with E-state index < -0.39 is 7.29 Å². The van der Waals surface area contributed by atoms with Gasteiger partial charge in [0.1, 0.15) is 5.78 Å². The van der Waals surface area contributed by atoms with Crippen LogP contribution in [0.2, 0.25) is 0 Å². The molecule has 0 amide bonds. The Bertz CT molecular complexity index is 865. The van der Waals surface area contributed by atoms with Gasteiger partial charge >= 0.3 is 0 Å². The van der Waals surface area contributed by atoms with Crippen LogP contribution in [-0.4, -0.2) is 0 Å². The average Bonchev–Trinajstić information content (AvgIpc) is 2.62. The summed E-state index contributed by atoms with van der Waals surface area (Å²) in [6.07, 6.45) is 0. The Morgan fingerprint density at radius 3 is 1.96 bits per heavy atom. The van der Waals surface area contributed by atoms with Gasteiger partial charge in [0.05, 0.1) is 11.4 Å². The summed E-state index contributed by atoms with van der Waals surface area (Å²) in [5.74, 6) is -0.291. The molecule has 3 aromatic rings. The minimum Gasteiger partial charge on any atom is -0.368 e. The molecule has 0 radical (unpaired) electrons. The van der Waals surface area contributed by atoms with Crippen LogP contribution in [0.3, 0.4) is 0 Å². The van der Waals surface area contributed by atoms with Crippen molar-refractivity contribution in [3.05, 3.63) is 90.5 Å². The summed E-state index contributed by atoms with van der Waals surface area (Å²) in [7, 11) is -2.89. The highest BCUT2D eigenvalue weighted by atomic mass is 31.2. The van der Waals surface area contributed by atoms with Crippen molar-refractivity contribution in [1.82, 2.24) is 0 Å². The van der Waals surface area contributed by atoms with Crippen molar-refractivity contribution in [2.45, 2.75) is 5.78 Å². The quantitative estimate of drug-likeness (QED) is 0.665. The van der Waals surface area contributed by atoms with Crippen LogP contribution in [0.25, 0.3) is 0 Å². The predicted molar refractivity (Wildman–Crippen MR) is 96.6 cm³/mol. The van der Waals surface area contributed by atoms with Gasteiger partial charge in [0.2, 0.25) is 7.29 Å². The van der Waals surface area contributed by atoms with Gasteiger partial charge in [0.15, 0.2) is 0 Å². The van der Waals surface area contributed by atoms with Gasteiger partial charge < -0.3 is 10.4 Å². The first-order valence-corrected chi connectivity index (χ1v) is 9.39. The van der Waals surface area contributed by atoms with Crippen molar-refractivity contribution in [3.8, 4) is 0 Å². The molecule has 0 spiro atoms. The molecule has 0 bridgehead atoms. The summed E-state index contributed by atoms with van der Waals surface area (Å²) in [6.45, 7) is 0. The van der Waals surface area contributed by atoms with Crippen molar-refractivity contribution in [1.29, 1.82) is 0 Å². The molecular formula is C19H17N2OP. The first kappa shape index (κ1) is 14.1. The van der Waals surface area contributed by atoms with Gasteiger partial charge in [-0.1, -0.05) is 60.7 Å². The van der Waals surface area contributed by atoms with Crippen LogP contribution in [0.1, 0.15) is 11.3 Å². The molecular weight excluding hydrogens is 303 g/mol. The minimum absolute atomic E-state index is 0.291. The van der Waals surface area contributed by atoms with E-state index in [1.54, 1.807) is 0 Å². The van der Waals surface area contributed by atoms with Gasteiger partial charge in [-0.3, -0.25) is 4.57 Å². The van der Waals surface area contributed by atoms with E-state index in [9.17, 15) is 4.57 Å². The lowest BCUT2D eigenvalue weighted by atomic mass is 10.2. The number of para-hydroxylation sites is 2. The monoisotopic (exact) mass is 320 g/mol. The zero-order valence-corrected chi connectivity index (χ0v) is 13.4. The SMILES string of the molecule is O=[P@@]1(c2ccccc2)Nc2ccccc2N[C@H]1c1ccccc1. The maximum atomic E-state index is 14.0. The first-order valence-electron chi connectivity index (χ1n) is 7.61. The third-order valence-corrected chi connectivity index (χ3v) is 6.92. The van der Waals surface area contributed by atoms with E-state index in [0.717, 1.165) is 22.2 Å². The zero-order chi connectivity index (χ0) is 15.7. The lowest BCUT2D eigenvalue weighted by Crippen LogP contribution is -2.27. The smallest absolute Gasteiger partial charge is 0.224 e. The highest BCUT2D eigenvalue weighted by Crippen LogP contribution is 2.61. The van der Waals surface area contributed by atoms with E-state index in [-0.39, 0.29) is 5.78 Å². The number of hydrogen-bond donors (Lipinski definition) is 2. The number of anilines is 2. The van der Waals surface area contributed by atoms with Crippen LogP contribution in [0.4, 0.5) is 11.4 Å². The minimum atomic E-state index is -2.89. The molecule has 3 aromatic carbocycles. The molecule has 0 fully saturated rings. The van der Waals surface area contributed by atoms with Gasteiger partial charge in [0.25, 0.3) is 0 Å². The Hall–Kier alpha value is -2.51. The summed E-state index contributed by atoms with van der Waals surface area (Å²) in [4.78, 5) is 0. The molecule has 0 saturated carbocycles. The second-order valence-corrected chi connectivity index (χ2v) is 8.18. The number of nitrogens with one attached hydrogen (secondary N) is 2. The van der Waals surface area contributed by atoms with E-state index in [0.29, 0.717) is 0 Å². The highest BCUT2D eigenvalue weighted by molar-refractivity contribution is 7.73. The largest absolute Gasteiger partial charge is 0.368 e. The second kappa shape index (κ2) is 5.60. The molecule has 1 aliphatic heterocycles. The van der Waals surface area contributed by atoms with Crippen LogP contribution in [0.5, 0.6) is 0 Å². The fourth-order valence-electron chi connectivity index (χ4n) is 2.98. The van der Waals surface area contributed by atoms with Crippen LogP contribution in [0, 0.1) is 0 Å². The second-order valence-electron chi connectivity index (χ2n) is 5.61. The van der Waals surface area contributed by atoms with Crippen molar-refractivity contribution >= 4 is 24.0 Å². The molecule has 4 heteroatoms. The molecule has 3 nitrogen and oxygen atoms in total. The van der Waals surface area contributed by atoms with Gasteiger partial charge in [-0.05, 0) is 29.8 Å². The first-order chi connectivity index (χ1) is 11.3. The molecule has 2 N–H and O–H groups in total. The lowest BCUT2D eigenvalue weighted by Gasteiger charge is -2.36. The summed E-state index contributed by atoms with van der Waals surface area (Å²) < 4.78 is 14.0. The summed E-state index contributed by atoms with van der Waals surface area (Å²) in [5.41, 5.74) is 2.87. The standard InChI is InChI=1S/C19H17N2OP/c22-23(16-11-5-2-6-12-16)19(15-9-3-1-4-10-15)20-17-13-7-8-14-18(17)21-23/h1-14,19-20H,(H,21,22)/t19-,23-/m1/s1. The molecule has 1 aliphatic rings. The van der Waals surface area contributed by atoms with E-state index in [1.165, 1.54) is 0 Å². The Morgan fingerprint density at radius 2 is 1.26 bits per heavy atom. The third-order valence-electron chi connectivity index (χ3n) is 4.12. The van der Waals surface area contributed by atoms with Gasteiger partial charge in [0, 0.05) is 5.30 Å². The van der Waals surface area contributed by atoms with E-state index in [4.69, 9.17) is 0 Å². The number of benzene rings is 3. The van der Waals surface area contributed by atoms with Gasteiger partial charge in [-0.2, -0.15) is 0 Å². The fraction of sp³-hybridized carbons (Fsp3) is 0.0526. The molecule has 4 rings (SSSR count). The molecule has 0 unspecified atom stereocenters. The molecule has 1 heterocycles. The Kier molecular flexibility index (Phi) is 3.44. The van der Waals surface area contributed by atoms with Crippen LogP contribution < -0.4 is 15.7 Å². The van der Waals surface area contributed by atoms with Crippen molar-refractivity contribution < 1.29 is 4.57 Å². The Labute approximate surface area is 135 Å². The van der Waals surface area contributed by atoms with E-state index in [1.807, 2.05) is 84.9 Å². The van der Waals surface area contributed by atoms with Gasteiger partial charge in [-0.15, -0.1) is 0 Å². The topological polar surface area (TPSA) is 41.1 Å². The summed E-state index contributed by atoms with van der Waals surface area (Å²) in [5, 5.41) is 7.64. The normalized spacial score (nSPS) is 22.5. The molecule has 114 valence electrons. The predicted octanol–water partition coefficient (Wildman–Crippen LogP) is 4.83. The highest BCUT2D eigenvalue weighted by Gasteiger charge is 2.40. The van der Waals surface area contributed by atoms with E-state index >= 15 is 0 Å². The fourth-order valence-corrected chi connectivity index (χ4v) is 5.62.